The van der Waals surface area contributed by atoms with Crippen LogP contribution in [0.3, 0.4) is 0 Å². The van der Waals surface area contributed by atoms with Crippen molar-refractivity contribution in [2.45, 2.75) is 51.4 Å². The Labute approximate surface area is 92.4 Å². The summed E-state index contributed by atoms with van der Waals surface area (Å²) in [5.74, 6) is -0.681. The first-order valence-electron chi connectivity index (χ1n) is 5.84. The van der Waals surface area contributed by atoms with Crippen molar-refractivity contribution in [1.82, 2.24) is 0 Å². The molecule has 0 aliphatic heterocycles. The van der Waals surface area contributed by atoms with Gasteiger partial charge in [-0.25, -0.2) is 0 Å². The molecule has 0 rings (SSSR count). The highest BCUT2D eigenvalue weighted by Gasteiger charge is 1.95. The van der Waals surface area contributed by atoms with Crippen molar-refractivity contribution >= 4 is 5.97 Å². The monoisotopic (exact) mass is 213 g/mol. The van der Waals surface area contributed by atoms with Crippen LogP contribution in [0.25, 0.3) is 0 Å². The molecule has 0 atom stereocenters. The fraction of sp³-hybridized carbons (Fsp3) is 0.750. The molecule has 0 bridgehead atoms. The summed E-state index contributed by atoms with van der Waals surface area (Å²) >= 11 is 0. The topological polar surface area (TPSA) is 63.3 Å². The van der Waals surface area contributed by atoms with Crippen molar-refractivity contribution in [1.29, 1.82) is 0 Å². The van der Waals surface area contributed by atoms with Gasteiger partial charge in [-0.05, 0) is 32.2 Å². The van der Waals surface area contributed by atoms with E-state index in [1.807, 2.05) is 0 Å². The van der Waals surface area contributed by atoms with E-state index in [0.717, 1.165) is 38.6 Å². The summed E-state index contributed by atoms with van der Waals surface area (Å²) in [5, 5.41) is 8.42. The smallest absolute Gasteiger partial charge is 0.303 e. The van der Waals surface area contributed by atoms with Gasteiger partial charge in [0.25, 0.3) is 0 Å². The highest BCUT2D eigenvalue weighted by Crippen LogP contribution is 2.07. The van der Waals surface area contributed by atoms with Gasteiger partial charge in [0.05, 0.1) is 0 Å². The molecular weight excluding hydrogens is 190 g/mol. The van der Waals surface area contributed by atoms with Gasteiger partial charge in [-0.2, -0.15) is 0 Å². The second-order valence-corrected chi connectivity index (χ2v) is 3.75. The number of rotatable bonds is 10. The van der Waals surface area contributed by atoms with Crippen LogP contribution in [-0.2, 0) is 4.79 Å². The van der Waals surface area contributed by atoms with Crippen LogP contribution in [0.4, 0.5) is 0 Å². The van der Waals surface area contributed by atoms with Gasteiger partial charge in [0.2, 0.25) is 0 Å². The van der Waals surface area contributed by atoms with Gasteiger partial charge >= 0.3 is 5.97 Å². The zero-order chi connectivity index (χ0) is 11.4. The molecule has 0 amide bonds. The van der Waals surface area contributed by atoms with Gasteiger partial charge in [-0.3, -0.25) is 4.79 Å². The Morgan fingerprint density at radius 3 is 2.27 bits per heavy atom. The third-order valence-corrected chi connectivity index (χ3v) is 2.26. The van der Waals surface area contributed by atoms with Crippen molar-refractivity contribution in [3.63, 3.8) is 0 Å². The normalized spacial score (nSPS) is 11.0. The summed E-state index contributed by atoms with van der Waals surface area (Å²) in [7, 11) is 0. The minimum atomic E-state index is -0.681. The highest BCUT2D eigenvalue weighted by molar-refractivity contribution is 5.66. The number of hydrogen-bond acceptors (Lipinski definition) is 2. The van der Waals surface area contributed by atoms with Crippen molar-refractivity contribution in [3.05, 3.63) is 12.2 Å². The number of carboxylic acid groups (broad SMARTS) is 1. The maximum atomic E-state index is 10.2. The minimum Gasteiger partial charge on any atom is -0.481 e. The molecule has 0 radical (unpaired) electrons. The molecule has 0 saturated carbocycles. The summed E-state index contributed by atoms with van der Waals surface area (Å²) in [4.78, 5) is 10.2. The molecule has 3 nitrogen and oxygen atoms in total. The van der Waals surface area contributed by atoms with Gasteiger partial charge < -0.3 is 10.8 Å². The van der Waals surface area contributed by atoms with Crippen LogP contribution in [0.2, 0.25) is 0 Å². The third kappa shape index (κ3) is 13.2. The average molecular weight is 213 g/mol. The van der Waals surface area contributed by atoms with Gasteiger partial charge in [0.15, 0.2) is 0 Å². The first-order valence-corrected chi connectivity index (χ1v) is 5.84. The summed E-state index contributed by atoms with van der Waals surface area (Å²) in [6.07, 6.45) is 12.1. The van der Waals surface area contributed by atoms with Crippen LogP contribution in [0.1, 0.15) is 51.4 Å². The van der Waals surface area contributed by atoms with E-state index >= 15 is 0 Å². The Bertz CT molecular complexity index is 178. The quantitative estimate of drug-likeness (QED) is 0.433. The van der Waals surface area contributed by atoms with Crippen molar-refractivity contribution in [2.75, 3.05) is 6.54 Å². The highest BCUT2D eigenvalue weighted by atomic mass is 16.4. The minimum absolute atomic E-state index is 0.316. The number of hydrogen-bond donors (Lipinski definition) is 2. The molecule has 0 aromatic carbocycles. The standard InChI is InChI=1S/C12H23NO2/c13-11-9-7-5-3-1-2-4-6-8-10-12(14)15/h5,7H,1-4,6,8-11,13H2,(H,14,15). The second kappa shape index (κ2) is 11.2. The number of nitrogens with two attached hydrogens (primary N) is 1. The largest absolute Gasteiger partial charge is 0.481 e. The first kappa shape index (κ1) is 14.2. The van der Waals surface area contributed by atoms with E-state index in [9.17, 15) is 4.79 Å². The molecule has 0 fully saturated rings. The maximum absolute atomic E-state index is 10.2. The molecule has 0 aromatic heterocycles. The molecule has 0 heterocycles. The first-order chi connectivity index (χ1) is 7.27. The zero-order valence-electron chi connectivity index (χ0n) is 9.45. The molecule has 0 unspecified atom stereocenters. The molecular formula is C12H23NO2. The van der Waals surface area contributed by atoms with Gasteiger partial charge in [0, 0.05) is 6.42 Å². The molecule has 0 aromatic rings. The van der Waals surface area contributed by atoms with E-state index in [1.165, 1.54) is 12.8 Å². The van der Waals surface area contributed by atoms with E-state index in [-0.39, 0.29) is 0 Å². The molecule has 3 heteroatoms. The number of unbranched alkanes of at least 4 members (excludes halogenated alkanes) is 5. The van der Waals surface area contributed by atoms with E-state index < -0.39 is 5.97 Å². The summed E-state index contributed by atoms with van der Waals surface area (Å²) in [6.45, 7) is 0.728. The fourth-order valence-electron chi connectivity index (χ4n) is 1.40. The lowest BCUT2D eigenvalue weighted by Crippen LogP contribution is -1.95. The number of carboxylic acids is 1. The molecule has 0 aliphatic carbocycles. The van der Waals surface area contributed by atoms with Crippen molar-refractivity contribution in [2.24, 2.45) is 5.73 Å². The van der Waals surface area contributed by atoms with Crippen LogP contribution in [-0.4, -0.2) is 17.6 Å². The molecule has 88 valence electrons. The van der Waals surface area contributed by atoms with Crippen molar-refractivity contribution < 1.29 is 9.90 Å². The van der Waals surface area contributed by atoms with Gasteiger partial charge in [-0.15, -0.1) is 0 Å². The van der Waals surface area contributed by atoms with E-state index in [2.05, 4.69) is 12.2 Å². The van der Waals surface area contributed by atoms with E-state index in [0.29, 0.717) is 6.42 Å². The SMILES string of the molecule is NCCC=CCCCCCCCC(=O)O. The average Bonchev–Trinajstić information content (AvgIpc) is 2.20. The van der Waals surface area contributed by atoms with E-state index in [4.69, 9.17) is 10.8 Å². The molecule has 0 aliphatic rings. The Kier molecular flexibility index (Phi) is 10.6. The van der Waals surface area contributed by atoms with Gasteiger partial charge in [-0.1, -0.05) is 31.4 Å². The maximum Gasteiger partial charge on any atom is 0.303 e. The lowest BCUT2D eigenvalue weighted by molar-refractivity contribution is -0.137. The predicted molar refractivity (Wildman–Crippen MR) is 62.8 cm³/mol. The Morgan fingerprint density at radius 2 is 1.60 bits per heavy atom. The van der Waals surface area contributed by atoms with Crippen molar-refractivity contribution in [3.8, 4) is 0 Å². The summed E-state index contributed by atoms with van der Waals surface area (Å²) in [6, 6.07) is 0. The van der Waals surface area contributed by atoms with Crippen LogP contribution in [0, 0.1) is 0 Å². The lowest BCUT2D eigenvalue weighted by atomic mass is 10.1. The Hall–Kier alpha value is -0.830. The number of allylic oxidation sites excluding steroid dienone is 1. The predicted octanol–water partition coefficient (Wildman–Crippen LogP) is 2.71. The van der Waals surface area contributed by atoms with Crippen LogP contribution in [0.15, 0.2) is 12.2 Å². The number of carbonyl (C=O) groups is 1. The molecule has 3 N–H and O–H groups in total. The molecule has 0 saturated heterocycles. The van der Waals surface area contributed by atoms with Crippen LogP contribution < -0.4 is 5.73 Å². The fourth-order valence-corrected chi connectivity index (χ4v) is 1.40. The van der Waals surface area contributed by atoms with Crippen LogP contribution in [0.5, 0.6) is 0 Å². The lowest BCUT2D eigenvalue weighted by Gasteiger charge is -1.98. The number of aliphatic carboxylic acids is 1. The second-order valence-electron chi connectivity index (χ2n) is 3.75. The molecule has 0 spiro atoms. The Balaban J connectivity index is 3.01. The van der Waals surface area contributed by atoms with Crippen LogP contribution >= 0.6 is 0 Å². The summed E-state index contributed by atoms with van der Waals surface area (Å²) < 4.78 is 0. The van der Waals surface area contributed by atoms with Gasteiger partial charge in [0.1, 0.15) is 0 Å². The molecule has 15 heavy (non-hydrogen) atoms. The summed E-state index contributed by atoms with van der Waals surface area (Å²) in [5.41, 5.74) is 5.35. The zero-order valence-corrected chi connectivity index (χ0v) is 9.45. The van der Waals surface area contributed by atoms with E-state index in [1.54, 1.807) is 0 Å². The third-order valence-electron chi connectivity index (χ3n) is 2.26. The Morgan fingerprint density at radius 1 is 1.00 bits per heavy atom.